The molecule has 0 saturated heterocycles. The van der Waals surface area contributed by atoms with Gasteiger partial charge in [-0.2, -0.15) is 0 Å². The second kappa shape index (κ2) is 8.32. The van der Waals surface area contributed by atoms with Crippen molar-refractivity contribution >= 4 is 44.0 Å². The van der Waals surface area contributed by atoms with Crippen molar-refractivity contribution in [1.29, 1.82) is 0 Å². The third-order valence-electron chi connectivity index (χ3n) is 6.91. The van der Waals surface area contributed by atoms with Crippen molar-refractivity contribution in [3.05, 3.63) is 155 Å². The molecule has 166 valence electrons. The first kappa shape index (κ1) is 21.5. The Morgan fingerprint density at radius 3 is 1.44 bits per heavy atom. The van der Waals surface area contributed by atoms with Gasteiger partial charge >= 0.3 is 210 Å². The molecule has 5 aromatic rings. The monoisotopic (exact) mass is 522 g/mol. The summed E-state index contributed by atoms with van der Waals surface area (Å²) >= 11 is 3.60. The number of hydrogen-bond donors (Lipinski definition) is 0. The molecule has 1 heterocycles. The van der Waals surface area contributed by atoms with Crippen LogP contribution in [0.15, 0.2) is 144 Å². The normalized spacial score (nSPS) is 19.0. The van der Waals surface area contributed by atoms with Gasteiger partial charge in [0, 0.05) is 0 Å². The molecule has 0 aromatic heterocycles. The minimum absolute atomic E-state index is 0.178. The average molecular weight is 523 g/mol. The van der Waals surface area contributed by atoms with Crippen LogP contribution >= 0.6 is 22.8 Å². The summed E-state index contributed by atoms with van der Waals surface area (Å²) in [4.78, 5) is 0. The molecule has 1 aliphatic rings. The Kier molecular flexibility index (Phi) is 5.26. The predicted octanol–water partition coefficient (Wildman–Crippen LogP) is 6.64. The van der Waals surface area contributed by atoms with Gasteiger partial charge in [0.2, 0.25) is 0 Å². The molecular formula is C31H24BrOP. The molecule has 0 radical (unpaired) electrons. The van der Waals surface area contributed by atoms with Crippen molar-refractivity contribution in [3.63, 3.8) is 0 Å². The van der Waals surface area contributed by atoms with E-state index in [2.05, 4.69) is 155 Å². The second-order valence-corrected chi connectivity index (χ2v) is 13.9. The summed E-state index contributed by atoms with van der Waals surface area (Å²) in [7, 11) is 0. The van der Waals surface area contributed by atoms with Crippen molar-refractivity contribution in [2.45, 2.75) is 6.10 Å². The molecule has 6 rings (SSSR count). The van der Waals surface area contributed by atoms with E-state index in [1.54, 1.807) is 0 Å². The zero-order valence-electron chi connectivity index (χ0n) is 18.6. The van der Waals surface area contributed by atoms with Crippen LogP contribution in [0.1, 0.15) is 17.2 Å². The fourth-order valence-corrected chi connectivity index (χ4v) is 11.9. The summed E-state index contributed by atoms with van der Waals surface area (Å²) in [6.45, 7) is -3.53. The van der Waals surface area contributed by atoms with Gasteiger partial charge in [-0.3, -0.25) is 0 Å². The molecule has 3 heteroatoms. The van der Waals surface area contributed by atoms with Gasteiger partial charge in [0.15, 0.2) is 0 Å². The van der Waals surface area contributed by atoms with E-state index in [-0.39, 0.29) is 6.10 Å². The second-order valence-electron chi connectivity index (χ2n) is 8.64. The molecular weight excluding hydrogens is 499 g/mol. The zero-order chi connectivity index (χ0) is 23.0. The van der Waals surface area contributed by atoms with E-state index in [0.29, 0.717) is 0 Å². The first-order valence-electron chi connectivity index (χ1n) is 11.5. The van der Waals surface area contributed by atoms with Gasteiger partial charge in [-0.1, -0.05) is 0 Å². The van der Waals surface area contributed by atoms with Crippen LogP contribution in [0.4, 0.5) is 0 Å². The first-order valence-corrected chi connectivity index (χ1v) is 14.4. The Balaban J connectivity index is 1.80. The van der Waals surface area contributed by atoms with E-state index in [1.807, 2.05) is 0 Å². The number of fused-ring (bicyclic) bond motifs is 1. The summed E-state index contributed by atoms with van der Waals surface area (Å²) in [6, 6.07) is 49.9. The molecule has 0 aliphatic carbocycles. The Hall–Kier alpha value is -3.03. The summed E-state index contributed by atoms with van der Waals surface area (Å²) in [6.07, 6.45) is -0.178. The van der Waals surface area contributed by atoms with E-state index < -0.39 is 6.83 Å². The molecule has 5 aromatic carbocycles. The van der Waals surface area contributed by atoms with E-state index >= 15 is 0 Å². The van der Waals surface area contributed by atoms with Crippen molar-refractivity contribution < 1.29 is 4.52 Å². The van der Waals surface area contributed by atoms with Crippen molar-refractivity contribution in [3.8, 4) is 0 Å². The Labute approximate surface area is 209 Å². The molecule has 0 amide bonds. The molecule has 0 spiro atoms. The third-order valence-corrected chi connectivity index (χ3v) is 13.3. The van der Waals surface area contributed by atoms with Crippen LogP contribution in [0, 0.1) is 0 Å². The van der Waals surface area contributed by atoms with Crippen LogP contribution in [0.2, 0.25) is 0 Å². The number of rotatable bonds is 4. The molecule has 0 bridgehead atoms. The van der Waals surface area contributed by atoms with Gasteiger partial charge < -0.3 is 0 Å². The summed E-state index contributed by atoms with van der Waals surface area (Å²) in [5, 5.41) is 4.94. The SMILES string of the molecule is Brc1ccc(C2OP(c3ccccc3)(c3ccccc3)(c3ccccc3)c3ccccc32)cc1. The van der Waals surface area contributed by atoms with Gasteiger partial charge in [0.1, 0.15) is 0 Å². The molecule has 1 nitrogen and oxygen atoms in total. The van der Waals surface area contributed by atoms with Crippen LogP contribution in [0.25, 0.3) is 0 Å². The number of hydrogen-bond acceptors (Lipinski definition) is 1. The van der Waals surface area contributed by atoms with E-state index in [1.165, 1.54) is 26.8 Å². The maximum absolute atomic E-state index is 7.71. The van der Waals surface area contributed by atoms with Crippen LogP contribution < -0.4 is 21.2 Å². The fraction of sp³-hybridized carbons (Fsp3) is 0.0323. The predicted molar refractivity (Wildman–Crippen MR) is 148 cm³/mol. The van der Waals surface area contributed by atoms with Crippen LogP contribution in [-0.4, -0.2) is 0 Å². The topological polar surface area (TPSA) is 9.23 Å². The fourth-order valence-electron chi connectivity index (χ4n) is 5.48. The number of benzene rings is 5. The minimum atomic E-state index is -3.53. The van der Waals surface area contributed by atoms with E-state index in [9.17, 15) is 0 Å². The van der Waals surface area contributed by atoms with Crippen LogP contribution in [0.5, 0.6) is 0 Å². The first-order chi connectivity index (χ1) is 16.7. The third kappa shape index (κ3) is 2.93. The molecule has 34 heavy (non-hydrogen) atoms. The van der Waals surface area contributed by atoms with Gasteiger partial charge in [0.05, 0.1) is 0 Å². The summed E-state index contributed by atoms with van der Waals surface area (Å²) in [5.74, 6) is 0. The Morgan fingerprint density at radius 2 is 0.941 bits per heavy atom. The Bertz CT molecular complexity index is 1330. The van der Waals surface area contributed by atoms with Gasteiger partial charge in [-0.25, -0.2) is 0 Å². The summed E-state index contributed by atoms with van der Waals surface area (Å²) < 4.78 is 8.77. The van der Waals surface area contributed by atoms with Crippen LogP contribution in [0.3, 0.4) is 0 Å². The van der Waals surface area contributed by atoms with Crippen molar-refractivity contribution in [2.24, 2.45) is 0 Å². The van der Waals surface area contributed by atoms with Crippen molar-refractivity contribution in [1.82, 2.24) is 0 Å². The van der Waals surface area contributed by atoms with E-state index in [0.717, 1.165) is 10.0 Å². The van der Waals surface area contributed by atoms with Gasteiger partial charge in [-0.15, -0.1) is 0 Å². The molecule has 0 saturated carbocycles. The Morgan fingerprint density at radius 1 is 0.500 bits per heavy atom. The quantitative estimate of drug-likeness (QED) is 0.240. The number of halogens is 1. The van der Waals surface area contributed by atoms with Gasteiger partial charge in [-0.05, 0) is 0 Å². The van der Waals surface area contributed by atoms with Crippen molar-refractivity contribution in [2.75, 3.05) is 0 Å². The standard InChI is InChI=1S/C31H24BrOP/c32-25-22-20-24(21-23-25)31-29-18-10-11-19-30(29)34(33-31,26-12-4-1-5-13-26,27-14-6-2-7-15-27)28-16-8-3-9-17-28/h1-23,31H. The zero-order valence-corrected chi connectivity index (χ0v) is 21.1. The van der Waals surface area contributed by atoms with E-state index in [4.69, 9.17) is 4.52 Å². The summed E-state index contributed by atoms with van der Waals surface area (Å²) in [5.41, 5.74) is 2.39. The molecule has 0 N–H and O–H groups in total. The van der Waals surface area contributed by atoms with Gasteiger partial charge in [0.25, 0.3) is 0 Å². The average Bonchev–Trinajstić information content (AvgIpc) is 3.25. The molecule has 1 unspecified atom stereocenters. The molecule has 1 aliphatic heterocycles. The molecule has 1 atom stereocenters. The van der Waals surface area contributed by atoms with Crippen LogP contribution in [-0.2, 0) is 4.52 Å². The molecule has 0 fully saturated rings. The maximum atomic E-state index is 7.71.